The fourth-order valence-corrected chi connectivity index (χ4v) is 4.12. The number of carbonyl (C=O) groups excluding carboxylic acids is 2. The van der Waals surface area contributed by atoms with Crippen molar-refractivity contribution in [2.45, 2.75) is 31.9 Å². The minimum absolute atomic E-state index is 0.131. The van der Waals surface area contributed by atoms with Crippen LogP contribution in [0, 0.1) is 5.92 Å². The minimum atomic E-state index is -0.766. The quantitative estimate of drug-likeness (QED) is 0.704. The van der Waals surface area contributed by atoms with Gasteiger partial charge in [-0.2, -0.15) is 0 Å². The fourth-order valence-electron chi connectivity index (χ4n) is 4.12. The molecule has 0 aliphatic carbocycles. The van der Waals surface area contributed by atoms with Gasteiger partial charge in [0.15, 0.2) is 6.10 Å². The summed E-state index contributed by atoms with van der Waals surface area (Å²) in [6.07, 6.45) is 0.971. The second-order valence-corrected chi connectivity index (χ2v) is 7.83. The Hall–Kier alpha value is -2.86. The van der Waals surface area contributed by atoms with Gasteiger partial charge in [-0.15, -0.1) is 0 Å². The van der Waals surface area contributed by atoms with E-state index in [1.165, 1.54) is 4.90 Å². The predicted octanol–water partition coefficient (Wildman–Crippen LogP) is 3.40. The first-order chi connectivity index (χ1) is 14.0. The van der Waals surface area contributed by atoms with Crippen LogP contribution in [-0.2, 0) is 14.4 Å². The molecule has 4 rings (SSSR count). The zero-order chi connectivity index (χ0) is 20.5. The lowest BCUT2D eigenvalue weighted by atomic mass is 9.90. The number of likely N-dealkylation sites (tertiary alicyclic amines) is 1. The van der Waals surface area contributed by atoms with Crippen LogP contribution < -0.4 is 9.96 Å². The number of benzene rings is 2. The first kappa shape index (κ1) is 19.5. The van der Waals surface area contributed by atoms with Gasteiger partial charge in [-0.3, -0.25) is 19.3 Å². The predicted molar refractivity (Wildman–Crippen MR) is 112 cm³/mol. The molecule has 29 heavy (non-hydrogen) atoms. The summed E-state index contributed by atoms with van der Waals surface area (Å²) in [4.78, 5) is 35.7. The van der Waals surface area contributed by atoms with Crippen molar-refractivity contribution >= 4 is 23.2 Å². The van der Waals surface area contributed by atoms with Gasteiger partial charge in [0.2, 0.25) is 5.91 Å². The molecule has 2 aliphatic heterocycles. The van der Waals surface area contributed by atoms with Crippen LogP contribution in [0.15, 0.2) is 54.6 Å². The topological polar surface area (TPSA) is 53.1 Å². The lowest BCUT2D eigenvalue weighted by Crippen LogP contribution is -2.37. The molecule has 0 aromatic heterocycles. The second kappa shape index (κ2) is 7.87. The molecule has 0 unspecified atom stereocenters. The third-order valence-corrected chi connectivity index (χ3v) is 5.70. The van der Waals surface area contributed by atoms with Crippen LogP contribution in [0.4, 0.5) is 11.4 Å². The number of unbranched alkanes of at least 4 members (excludes halogenated alkanes) is 1. The van der Waals surface area contributed by atoms with Gasteiger partial charge in [-0.1, -0.05) is 43.7 Å². The van der Waals surface area contributed by atoms with E-state index in [4.69, 9.17) is 4.84 Å². The van der Waals surface area contributed by atoms with Gasteiger partial charge >= 0.3 is 0 Å². The molecule has 2 aromatic carbocycles. The average molecular weight is 393 g/mol. The van der Waals surface area contributed by atoms with Crippen molar-refractivity contribution in [1.82, 2.24) is 4.90 Å². The van der Waals surface area contributed by atoms with Gasteiger partial charge in [0, 0.05) is 26.3 Å². The van der Waals surface area contributed by atoms with Crippen LogP contribution in [0.1, 0.15) is 31.4 Å². The molecule has 2 amide bonds. The Balaban J connectivity index is 1.72. The Labute approximate surface area is 171 Å². The van der Waals surface area contributed by atoms with Crippen molar-refractivity contribution in [3.63, 3.8) is 0 Å². The molecule has 2 heterocycles. The summed E-state index contributed by atoms with van der Waals surface area (Å²) in [7, 11) is 3.98. The van der Waals surface area contributed by atoms with Crippen LogP contribution in [0.3, 0.4) is 0 Å². The first-order valence-corrected chi connectivity index (χ1v) is 10.2. The number of para-hydroxylation sites is 1. The highest BCUT2D eigenvalue weighted by Crippen LogP contribution is 2.46. The van der Waals surface area contributed by atoms with Crippen molar-refractivity contribution < 1.29 is 14.4 Å². The molecule has 2 fully saturated rings. The van der Waals surface area contributed by atoms with Gasteiger partial charge in [-0.05, 0) is 36.2 Å². The number of hydroxylamine groups is 1. The molecule has 0 saturated carbocycles. The van der Waals surface area contributed by atoms with E-state index < -0.39 is 12.0 Å². The van der Waals surface area contributed by atoms with Crippen LogP contribution in [0.5, 0.6) is 0 Å². The van der Waals surface area contributed by atoms with Gasteiger partial charge in [0.05, 0.1) is 11.7 Å². The second-order valence-electron chi connectivity index (χ2n) is 7.83. The maximum absolute atomic E-state index is 13.2. The van der Waals surface area contributed by atoms with Gasteiger partial charge < -0.3 is 4.90 Å². The van der Waals surface area contributed by atoms with E-state index in [1.54, 1.807) is 5.06 Å². The number of amides is 2. The fraction of sp³-hybridized carbons (Fsp3) is 0.391. The number of carbonyl (C=O) groups is 2. The molecule has 3 atom stereocenters. The number of nitrogens with zero attached hydrogens (tertiary/aromatic N) is 3. The standard InChI is InChI=1S/C23H27N3O3/c1-4-5-15-25-22(27)19-20(16-11-13-17(14-12-16)24(2)3)26(29-21(19)23(25)28)18-9-7-6-8-10-18/h6-14,19-21H,4-5,15H2,1-3H3/t19-,20+,21-/m1/s1. The minimum Gasteiger partial charge on any atom is -0.378 e. The lowest BCUT2D eigenvalue weighted by Gasteiger charge is -2.29. The number of hydrogen-bond donors (Lipinski definition) is 0. The van der Waals surface area contributed by atoms with E-state index in [0.29, 0.717) is 6.54 Å². The molecule has 152 valence electrons. The maximum atomic E-state index is 13.2. The molecule has 0 N–H and O–H groups in total. The van der Waals surface area contributed by atoms with E-state index in [0.717, 1.165) is 29.8 Å². The number of anilines is 2. The third-order valence-electron chi connectivity index (χ3n) is 5.70. The van der Waals surface area contributed by atoms with E-state index in [9.17, 15) is 9.59 Å². The lowest BCUT2D eigenvalue weighted by molar-refractivity contribution is -0.143. The molecule has 2 saturated heterocycles. The Morgan fingerprint density at radius 3 is 2.28 bits per heavy atom. The molecule has 2 aromatic rings. The highest BCUT2D eigenvalue weighted by atomic mass is 16.7. The molecule has 0 bridgehead atoms. The Bertz CT molecular complexity index is 882. The highest BCUT2D eigenvalue weighted by molar-refractivity contribution is 6.07. The van der Waals surface area contributed by atoms with Gasteiger partial charge in [-0.25, -0.2) is 5.06 Å². The van der Waals surface area contributed by atoms with Crippen molar-refractivity contribution in [3.8, 4) is 0 Å². The van der Waals surface area contributed by atoms with E-state index in [1.807, 2.05) is 73.6 Å². The van der Waals surface area contributed by atoms with Crippen LogP contribution in [0.25, 0.3) is 0 Å². The third kappa shape index (κ3) is 3.38. The maximum Gasteiger partial charge on any atom is 0.261 e. The van der Waals surface area contributed by atoms with Crippen molar-refractivity contribution in [2.75, 3.05) is 30.6 Å². The van der Waals surface area contributed by atoms with E-state index >= 15 is 0 Å². The average Bonchev–Trinajstić information content (AvgIpc) is 3.24. The van der Waals surface area contributed by atoms with Gasteiger partial charge in [0.1, 0.15) is 5.92 Å². The summed E-state index contributed by atoms with van der Waals surface area (Å²) < 4.78 is 0. The molecular weight excluding hydrogens is 366 g/mol. The van der Waals surface area contributed by atoms with Crippen LogP contribution >= 0.6 is 0 Å². The molecule has 2 aliphatic rings. The number of rotatable bonds is 6. The molecule has 0 radical (unpaired) electrons. The normalized spacial score (nSPS) is 23.6. The molecule has 6 heteroatoms. The summed E-state index contributed by atoms with van der Waals surface area (Å²) in [6.45, 7) is 2.51. The van der Waals surface area contributed by atoms with Crippen LogP contribution in [-0.4, -0.2) is 43.5 Å². The monoisotopic (exact) mass is 393 g/mol. The van der Waals surface area contributed by atoms with E-state index in [2.05, 4.69) is 6.92 Å². The Kier molecular flexibility index (Phi) is 5.28. The Morgan fingerprint density at radius 1 is 0.966 bits per heavy atom. The van der Waals surface area contributed by atoms with Crippen molar-refractivity contribution in [2.24, 2.45) is 5.92 Å². The highest BCUT2D eigenvalue weighted by Gasteiger charge is 2.59. The summed E-state index contributed by atoms with van der Waals surface area (Å²) in [5.41, 5.74) is 2.88. The molecular formula is C23H27N3O3. The zero-order valence-corrected chi connectivity index (χ0v) is 17.1. The number of fused-ring (bicyclic) bond motifs is 1. The number of imide groups is 1. The smallest absolute Gasteiger partial charge is 0.261 e. The van der Waals surface area contributed by atoms with Crippen LogP contribution in [0.2, 0.25) is 0 Å². The van der Waals surface area contributed by atoms with Crippen molar-refractivity contribution in [3.05, 3.63) is 60.2 Å². The van der Waals surface area contributed by atoms with Crippen molar-refractivity contribution in [1.29, 1.82) is 0 Å². The summed E-state index contributed by atoms with van der Waals surface area (Å²) in [5, 5.41) is 1.74. The SMILES string of the molecule is CCCCN1C(=O)[C@H]2[C@@H](ON(c3ccccc3)[C@H]2c2ccc(N(C)C)cc2)C1=O. The van der Waals surface area contributed by atoms with Gasteiger partial charge in [0.25, 0.3) is 5.91 Å². The largest absolute Gasteiger partial charge is 0.378 e. The number of hydrogen-bond acceptors (Lipinski definition) is 5. The Morgan fingerprint density at radius 2 is 1.66 bits per heavy atom. The summed E-state index contributed by atoms with van der Waals surface area (Å²) in [5.74, 6) is -0.889. The summed E-state index contributed by atoms with van der Waals surface area (Å²) >= 11 is 0. The summed E-state index contributed by atoms with van der Waals surface area (Å²) in [6, 6.07) is 17.4. The zero-order valence-electron chi connectivity index (χ0n) is 17.1. The molecule has 0 spiro atoms. The van der Waals surface area contributed by atoms with E-state index in [-0.39, 0.29) is 17.9 Å². The molecule has 6 nitrogen and oxygen atoms in total. The first-order valence-electron chi connectivity index (χ1n) is 10.2.